The number of aromatic nitrogens is 3. The van der Waals surface area contributed by atoms with Gasteiger partial charge in [0.2, 0.25) is 0 Å². The molecule has 0 aliphatic carbocycles. The van der Waals surface area contributed by atoms with Crippen molar-refractivity contribution in [2.45, 2.75) is 19.4 Å². The predicted octanol–water partition coefficient (Wildman–Crippen LogP) is 1.85. The maximum atomic E-state index is 13.0. The highest BCUT2D eigenvalue weighted by molar-refractivity contribution is 5.14. The Morgan fingerprint density at radius 3 is 2.94 bits per heavy atom. The van der Waals surface area contributed by atoms with Crippen molar-refractivity contribution in [3.05, 3.63) is 47.8 Å². The molecule has 0 radical (unpaired) electrons. The molecule has 96 valence electrons. The van der Waals surface area contributed by atoms with Crippen molar-refractivity contribution in [2.24, 2.45) is 7.05 Å². The van der Waals surface area contributed by atoms with Gasteiger partial charge < -0.3 is 5.32 Å². The third kappa shape index (κ3) is 3.13. The summed E-state index contributed by atoms with van der Waals surface area (Å²) in [6.45, 7) is 2.82. The Morgan fingerprint density at radius 1 is 1.44 bits per heavy atom. The molecule has 0 spiro atoms. The summed E-state index contributed by atoms with van der Waals surface area (Å²) in [5, 5.41) is 7.46. The van der Waals surface area contributed by atoms with Crippen molar-refractivity contribution in [1.29, 1.82) is 0 Å². The predicted molar refractivity (Wildman–Crippen MR) is 67.5 cm³/mol. The van der Waals surface area contributed by atoms with Crippen LogP contribution in [0.5, 0.6) is 0 Å². The molecule has 1 atom stereocenters. The molecule has 1 unspecified atom stereocenters. The summed E-state index contributed by atoms with van der Waals surface area (Å²) in [5.41, 5.74) is 2.03. The van der Waals surface area contributed by atoms with E-state index < -0.39 is 0 Å². The minimum Gasteiger partial charge on any atom is -0.310 e. The first-order valence-corrected chi connectivity index (χ1v) is 5.97. The zero-order chi connectivity index (χ0) is 13.0. The minimum absolute atomic E-state index is 0.0847. The molecule has 0 aromatic carbocycles. The maximum Gasteiger partial charge on any atom is 0.141 e. The molecular formula is C13H17FN4. The van der Waals surface area contributed by atoms with Crippen LogP contribution in [0, 0.1) is 5.82 Å². The quantitative estimate of drug-likeness (QED) is 0.878. The van der Waals surface area contributed by atoms with Crippen LogP contribution in [0.3, 0.4) is 0 Å². The van der Waals surface area contributed by atoms with Gasteiger partial charge in [0.25, 0.3) is 0 Å². The van der Waals surface area contributed by atoms with E-state index in [2.05, 4.69) is 15.4 Å². The Hall–Kier alpha value is -1.75. The normalized spacial score (nSPS) is 12.6. The topological polar surface area (TPSA) is 42.7 Å². The molecule has 4 nitrogen and oxygen atoms in total. The third-order valence-corrected chi connectivity index (χ3v) is 2.98. The summed E-state index contributed by atoms with van der Waals surface area (Å²) in [7, 11) is 1.93. The maximum absolute atomic E-state index is 13.0. The summed E-state index contributed by atoms with van der Waals surface area (Å²) in [4.78, 5) is 3.85. The van der Waals surface area contributed by atoms with E-state index in [1.54, 1.807) is 12.4 Å². The van der Waals surface area contributed by atoms with E-state index in [0.29, 0.717) is 0 Å². The SMILES string of the molecule is CC(NCCc1ccnn1C)c1cncc(F)c1. The molecule has 2 aromatic rings. The third-order valence-electron chi connectivity index (χ3n) is 2.98. The fourth-order valence-electron chi connectivity index (χ4n) is 1.85. The van der Waals surface area contributed by atoms with Crippen LogP contribution >= 0.6 is 0 Å². The van der Waals surface area contributed by atoms with Crippen LogP contribution in [-0.4, -0.2) is 21.3 Å². The largest absolute Gasteiger partial charge is 0.310 e. The summed E-state index contributed by atoms with van der Waals surface area (Å²) in [6.07, 6.45) is 5.58. The second-order valence-electron chi connectivity index (χ2n) is 4.31. The summed E-state index contributed by atoms with van der Waals surface area (Å²) in [5.74, 6) is -0.298. The van der Waals surface area contributed by atoms with Crippen molar-refractivity contribution in [3.63, 3.8) is 0 Å². The standard InChI is InChI=1S/C13H17FN4/c1-10(11-7-12(14)9-15-8-11)16-5-3-13-4-6-17-18(13)2/h4,6-10,16H,3,5H2,1-2H3. The van der Waals surface area contributed by atoms with E-state index in [1.165, 1.54) is 18.0 Å². The van der Waals surface area contributed by atoms with Gasteiger partial charge in [0.15, 0.2) is 0 Å². The van der Waals surface area contributed by atoms with Gasteiger partial charge in [-0.25, -0.2) is 4.39 Å². The Labute approximate surface area is 106 Å². The van der Waals surface area contributed by atoms with Crippen LogP contribution in [0.4, 0.5) is 4.39 Å². The first-order chi connectivity index (χ1) is 8.66. The lowest BCUT2D eigenvalue weighted by Crippen LogP contribution is -2.22. The highest BCUT2D eigenvalue weighted by atomic mass is 19.1. The molecule has 18 heavy (non-hydrogen) atoms. The zero-order valence-corrected chi connectivity index (χ0v) is 10.6. The molecule has 0 bridgehead atoms. The van der Waals surface area contributed by atoms with Gasteiger partial charge >= 0.3 is 0 Å². The number of halogens is 1. The lowest BCUT2D eigenvalue weighted by atomic mass is 10.1. The van der Waals surface area contributed by atoms with Gasteiger partial charge in [0.05, 0.1) is 6.20 Å². The Morgan fingerprint density at radius 2 is 2.28 bits per heavy atom. The van der Waals surface area contributed by atoms with Crippen molar-refractivity contribution in [2.75, 3.05) is 6.54 Å². The van der Waals surface area contributed by atoms with E-state index in [-0.39, 0.29) is 11.9 Å². The average molecular weight is 248 g/mol. The molecule has 0 aliphatic heterocycles. The van der Waals surface area contributed by atoms with Crippen molar-refractivity contribution in [1.82, 2.24) is 20.1 Å². The van der Waals surface area contributed by atoms with Crippen LogP contribution in [0.1, 0.15) is 24.2 Å². The highest BCUT2D eigenvalue weighted by Gasteiger charge is 2.06. The lowest BCUT2D eigenvalue weighted by Gasteiger charge is -2.13. The number of hydrogen-bond acceptors (Lipinski definition) is 3. The monoisotopic (exact) mass is 248 g/mol. The first kappa shape index (κ1) is 12.7. The smallest absolute Gasteiger partial charge is 0.141 e. The Kier molecular flexibility index (Phi) is 4.04. The number of nitrogens with zero attached hydrogens (tertiary/aromatic N) is 3. The van der Waals surface area contributed by atoms with E-state index >= 15 is 0 Å². The highest BCUT2D eigenvalue weighted by Crippen LogP contribution is 2.11. The minimum atomic E-state index is -0.298. The molecular weight excluding hydrogens is 231 g/mol. The van der Waals surface area contributed by atoms with Crippen LogP contribution in [0.15, 0.2) is 30.7 Å². The zero-order valence-electron chi connectivity index (χ0n) is 10.6. The summed E-state index contributed by atoms with van der Waals surface area (Å²) >= 11 is 0. The Balaban J connectivity index is 1.85. The summed E-state index contributed by atoms with van der Waals surface area (Å²) in [6, 6.07) is 3.59. The van der Waals surface area contributed by atoms with Crippen LogP contribution in [-0.2, 0) is 13.5 Å². The summed E-state index contributed by atoms with van der Waals surface area (Å²) < 4.78 is 14.9. The van der Waals surface area contributed by atoms with Crippen molar-refractivity contribution >= 4 is 0 Å². The van der Waals surface area contributed by atoms with Gasteiger partial charge in [-0.2, -0.15) is 5.10 Å². The number of pyridine rings is 1. The molecule has 2 aromatic heterocycles. The van der Waals surface area contributed by atoms with Crippen LogP contribution in [0.2, 0.25) is 0 Å². The van der Waals surface area contributed by atoms with E-state index in [1.807, 2.05) is 24.7 Å². The second kappa shape index (κ2) is 5.73. The van der Waals surface area contributed by atoms with Crippen LogP contribution in [0.25, 0.3) is 0 Å². The van der Waals surface area contributed by atoms with Crippen LogP contribution < -0.4 is 5.32 Å². The van der Waals surface area contributed by atoms with Gasteiger partial charge in [-0.15, -0.1) is 0 Å². The molecule has 0 saturated heterocycles. The first-order valence-electron chi connectivity index (χ1n) is 5.97. The number of nitrogens with one attached hydrogen (secondary N) is 1. The fourth-order valence-corrected chi connectivity index (χ4v) is 1.85. The van der Waals surface area contributed by atoms with Gasteiger partial charge in [-0.1, -0.05) is 0 Å². The number of aryl methyl sites for hydroxylation is 1. The van der Waals surface area contributed by atoms with E-state index in [9.17, 15) is 4.39 Å². The van der Waals surface area contributed by atoms with Gasteiger partial charge in [0, 0.05) is 44.1 Å². The molecule has 0 aliphatic rings. The lowest BCUT2D eigenvalue weighted by molar-refractivity contribution is 0.553. The van der Waals surface area contributed by atoms with Gasteiger partial charge in [-0.05, 0) is 24.6 Å². The molecule has 2 heterocycles. The molecule has 0 amide bonds. The average Bonchev–Trinajstić information content (AvgIpc) is 2.75. The van der Waals surface area contributed by atoms with E-state index in [0.717, 1.165) is 18.5 Å². The molecule has 5 heteroatoms. The molecule has 1 N–H and O–H groups in total. The van der Waals surface area contributed by atoms with Crippen molar-refractivity contribution in [3.8, 4) is 0 Å². The molecule has 0 fully saturated rings. The second-order valence-corrected chi connectivity index (χ2v) is 4.31. The van der Waals surface area contributed by atoms with Gasteiger partial charge in [-0.3, -0.25) is 9.67 Å². The van der Waals surface area contributed by atoms with Gasteiger partial charge in [0.1, 0.15) is 5.82 Å². The van der Waals surface area contributed by atoms with Crippen molar-refractivity contribution < 1.29 is 4.39 Å². The fraction of sp³-hybridized carbons (Fsp3) is 0.385. The molecule has 2 rings (SSSR count). The number of hydrogen-bond donors (Lipinski definition) is 1. The van der Waals surface area contributed by atoms with E-state index in [4.69, 9.17) is 0 Å². The number of rotatable bonds is 5. The Bertz CT molecular complexity index is 509. The molecule has 0 saturated carbocycles.